The Balaban J connectivity index is 2.01. The molecule has 0 amide bonds. The van der Waals surface area contributed by atoms with Crippen LogP contribution in [0.2, 0.25) is 0 Å². The fourth-order valence-corrected chi connectivity index (χ4v) is 1.35. The second-order valence-corrected chi connectivity index (χ2v) is 3.11. The van der Waals surface area contributed by atoms with Crippen LogP contribution in [0, 0.1) is 5.92 Å². The van der Waals surface area contributed by atoms with Crippen molar-refractivity contribution in [3.8, 4) is 0 Å². The smallest absolute Gasteiger partial charge is 0.317 e. The van der Waals surface area contributed by atoms with E-state index in [4.69, 9.17) is 9.84 Å². The number of rotatable bonds is 4. The largest absolute Gasteiger partial charge is 0.480 e. The van der Waals surface area contributed by atoms with Gasteiger partial charge in [0.25, 0.3) is 0 Å². The molecule has 0 aromatic carbocycles. The van der Waals surface area contributed by atoms with E-state index in [1.165, 1.54) is 0 Å². The Hall–Kier alpha value is -0.610. The molecule has 0 spiro atoms. The minimum atomic E-state index is -0.799. The lowest BCUT2D eigenvalue weighted by Gasteiger charge is -2.21. The maximum Gasteiger partial charge on any atom is 0.317 e. The maximum absolute atomic E-state index is 10.1. The number of hydrogen-bond donors (Lipinski definition) is 2. The number of aliphatic carboxylic acids is 1. The van der Waals surface area contributed by atoms with Crippen molar-refractivity contribution in [2.75, 3.05) is 26.3 Å². The predicted octanol–water partition coefficient (Wildman–Crippen LogP) is 0.0872. The Morgan fingerprint density at radius 3 is 3.08 bits per heavy atom. The van der Waals surface area contributed by atoms with Gasteiger partial charge in [-0.25, -0.2) is 0 Å². The fourth-order valence-electron chi connectivity index (χ4n) is 1.35. The zero-order valence-electron chi connectivity index (χ0n) is 7.08. The third kappa shape index (κ3) is 3.69. The third-order valence-corrected chi connectivity index (χ3v) is 1.96. The van der Waals surface area contributed by atoms with Crippen LogP contribution in [0.15, 0.2) is 0 Å². The molecule has 70 valence electrons. The molecule has 1 aliphatic rings. The number of carbonyl (C=O) groups is 1. The second-order valence-electron chi connectivity index (χ2n) is 3.11. The van der Waals surface area contributed by atoms with Gasteiger partial charge in [0, 0.05) is 13.2 Å². The number of carboxylic acids is 1. The summed E-state index contributed by atoms with van der Waals surface area (Å²) in [6.45, 7) is 2.44. The Morgan fingerprint density at radius 1 is 1.67 bits per heavy atom. The van der Waals surface area contributed by atoms with E-state index in [1.54, 1.807) is 0 Å². The second kappa shape index (κ2) is 5.11. The fraction of sp³-hybridized carbons (Fsp3) is 0.875. The molecule has 1 unspecified atom stereocenters. The van der Waals surface area contributed by atoms with E-state index in [2.05, 4.69) is 5.32 Å². The monoisotopic (exact) mass is 173 g/mol. The van der Waals surface area contributed by atoms with Gasteiger partial charge in [0.1, 0.15) is 0 Å². The van der Waals surface area contributed by atoms with Crippen LogP contribution < -0.4 is 5.32 Å². The average molecular weight is 173 g/mol. The molecular formula is C8H15NO3. The molecule has 1 heterocycles. The molecule has 1 atom stereocenters. The van der Waals surface area contributed by atoms with Crippen molar-refractivity contribution in [1.29, 1.82) is 0 Å². The van der Waals surface area contributed by atoms with Crippen molar-refractivity contribution in [1.82, 2.24) is 5.32 Å². The van der Waals surface area contributed by atoms with E-state index in [1.807, 2.05) is 0 Å². The maximum atomic E-state index is 10.1. The molecule has 0 aromatic heterocycles. The van der Waals surface area contributed by atoms with Crippen LogP contribution in [-0.4, -0.2) is 37.4 Å². The summed E-state index contributed by atoms with van der Waals surface area (Å²) in [7, 11) is 0. The average Bonchev–Trinajstić information content (AvgIpc) is 2.05. The molecule has 0 aliphatic carbocycles. The first-order valence-electron chi connectivity index (χ1n) is 4.29. The van der Waals surface area contributed by atoms with Gasteiger partial charge in [-0.15, -0.1) is 0 Å². The quantitative estimate of drug-likeness (QED) is 0.632. The Kier molecular flexibility index (Phi) is 4.04. The van der Waals surface area contributed by atoms with Crippen LogP contribution in [0.4, 0.5) is 0 Å². The summed E-state index contributed by atoms with van der Waals surface area (Å²) < 4.78 is 5.25. The number of hydrogen-bond acceptors (Lipinski definition) is 3. The van der Waals surface area contributed by atoms with Gasteiger partial charge in [0.05, 0.1) is 13.2 Å². The van der Waals surface area contributed by atoms with Gasteiger partial charge in [0.15, 0.2) is 0 Å². The van der Waals surface area contributed by atoms with Gasteiger partial charge in [-0.1, -0.05) is 0 Å². The van der Waals surface area contributed by atoms with E-state index < -0.39 is 5.97 Å². The molecule has 0 saturated carbocycles. The lowest BCUT2D eigenvalue weighted by molar-refractivity contribution is -0.136. The first-order valence-corrected chi connectivity index (χ1v) is 4.29. The zero-order chi connectivity index (χ0) is 8.81. The van der Waals surface area contributed by atoms with Gasteiger partial charge >= 0.3 is 5.97 Å². The van der Waals surface area contributed by atoms with Crippen LogP contribution in [0.25, 0.3) is 0 Å². The van der Waals surface area contributed by atoms with Gasteiger partial charge in [-0.2, -0.15) is 0 Å². The molecule has 0 aromatic rings. The summed E-state index contributed by atoms with van der Waals surface area (Å²) in [5.74, 6) is -0.301. The van der Waals surface area contributed by atoms with Crippen molar-refractivity contribution in [2.24, 2.45) is 5.92 Å². The SMILES string of the molecule is O=C(O)CNCC1CCCOC1. The Labute approximate surface area is 71.9 Å². The highest BCUT2D eigenvalue weighted by molar-refractivity contribution is 5.68. The summed E-state index contributed by atoms with van der Waals surface area (Å²) in [4.78, 5) is 10.1. The summed E-state index contributed by atoms with van der Waals surface area (Å²) in [6, 6.07) is 0. The molecule has 1 aliphatic heterocycles. The molecule has 1 saturated heterocycles. The first-order chi connectivity index (χ1) is 5.79. The topological polar surface area (TPSA) is 58.6 Å². The van der Waals surface area contributed by atoms with E-state index >= 15 is 0 Å². The van der Waals surface area contributed by atoms with Crippen LogP contribution in [0.3, 0.4) is 0 Å². The third-order valence-electron chi connectivity index (χ3n) is 1.96. The van der Waals surface area contributed by atoms with Crippen molar-refractivity contribution < 1.29 is 14.6 Å². The molecule has 4 heteroatoms. The minimum absolute atomic E-state index is 0.0521. The van der Waals surface area contributed by atoms with Crippen molar-refractivity contribution in [2.45, 2.75) is 12.8 Å². The van der Waals surface area contributed by atoms with E-state index in [0.717, 1.165) is 32.6 Å². The standard InChI is InChI=1S/C8H15NO3/c10-8(11)5-9-4-7-2-1-3-12-6-7/h7,9H,1-6H2,(H,10,11). The minimum Gasteiger partial charge on any atom is -0.480 e. The van der Waals surface area contributed by atoms with Crippen LogP contribution in [-0.2, 0) is 9.53 Å². The number of ether oxygens (including phenoxy) is 1. The molecule has 4 nitrogen and oxygen atoms in total. The van der Waals surface area contributed by atoms with E-state index in [-0.39, 0.29) is 6.54 Å². The summed E-state index contributed by atoms with van der Waals surface area (Å²) in [5, 5.41) is 11.2. The molecule has 1 rings (SSSR count). The number of nitrogens with one attached hydrogen (secondary N) is 1. The summed E-state index contributed by atoms with van der Waals surface area (Å²) in [6.07, 6.45) is 2.24. The Bertz CT molecular complexity index is 143. The summed E-state index contributed by atoms with van der Waals surface area (Å²) >= 11 is 0. The molecule has 12 heavy (non-hydrogen) atoms. The first kappa shape index (κ1) is 9.48. The van der Waals surface area contributed by atoms with E-state index in [9.17, 15) is 4.79 Å². The highest BCUT2D eigenvalue weighted by atomic mass is 16.5. The normalized spacial score (nSPS) is 23.8. The summed E-state index contributed by atoms with van der Waals surface area (Å²) in [5.41, 5.74) is 0. The highest BCUT2D eigenvalue weighted by Crippen LogP contribution is 2.11. The highest BCUT2D eigenvalue weighted by Gasteiger charge is 2.13. The van der Waals surface area contributed by atoms with Crippen LogP contribution in [0.5, 0.6) is 0 Å². The molecule has 2 N–H and O–H groups in total. The van der Waals surface area contributed by atoms with Crippen LogP contribution in [0.1, 0.15) is 12.8 Å². The van der Waals surface area contributed by atoms with Crippen molar-refractivity contribution in [3.05, 3.63) is 0 Å². The zero-order valence-corrected chi connectivity index (χ0v) is 7.08. The molecule has 0 radical (unpaired) electrons. The van der Waals surface area contributed by atoms with Crippen LogP contribution >= 0.6 is 0 Å². The Morgan fingerprint density at radius 2 is 2.50 bits per heavy atom. The molecular weight excluding hydrogens is 158 g/mol. The van der Waals surface area contributed by atoms with Gasteiger partial charge in [0.2, 0.25) is 0 Å². The van der Waals surface area contributed by atoms with Gasteiger partial charge in [-0.3, -0.25) is 4.79 Å². The van der Waals surface area contributed by atoms with E-state index in [0.29, 0.717) is 5.92 Å². The van der Waals surface area contributed by atoms with Crippen molar-refractivity contribution in [3.63, 3.8) is 0 Å². The van der Waals surface area contributed by atoms with Crippen molar-refractivity contribution >= 4 is 5.97 Å². The molecule has 0 bridgehead atoms. The molecule has 1 fully saturated rings. The lowest BCUT2D eigenvalue weighted by atomic mass is 10.0. The van der Waals surface area contributed by atoms with Gasteiger partial charge in [-0.05, 0) is 18.8 Å². The lowest BCUT2D eigenvalue weighted by Crippen LogP contribution is -2.32. The van der Waals surface area contributed by atoms with Gasteiger partial charge < -0.3 is 15.2 Å². The number of carboxylic acid groups (broad SMARTS) is 1. The predicted molar refractivity (Wildman–Crippen MR) is 44.0 cm³/mol.